The number of rotatable bonds is 7. The topological polar surface area (TPSA) is 113 Å². The van der Waals surface area contributed by atoms with Gasteiger partial charge in [-0.05, 0) is 55.2 Å². The Balaban J connectivity index is 2.59. The first-order valence-corrected chi connectivity index (χ1v) is 11.6. The molecule has 2 rings (SSSR count). The van der Waals surface area contributed by atoms with Gasteiger partial charge in [0.15, 0.2) is 5.76 Å². The summed E-state index contributed by atoms with van der Waals surface area (Å²) >= 11 is 0. The van der Waals surface area contributed by atoms with Crippen LogP contribution in [0.25, 0.3) is 0 Å². The second-order valence-electron chi connectivity index (χ2n) is 10.2. The quantitative estimate of drug-likeness (QED) is 0.309. The summed E-state index contributed by atoms with van der Waals surface area (Å²) in [5, 5.41) is 0. The monoisotopic (exact) mass is 476 g/mol. The normalized spacial score (nSPS) is 27.6. The third kappa shape index (κ3) is 5.47. The lowest BCUT2D eigenvalue weighted by Gasteiger charge is -2.55. The highest BCUT2D eigenvalue weighted by molar-refractivity contribution is 6.04. The fraction of sp³-hybridized carbons (Fsp3) is 0.654. The molecule has 8 nitrogen and oxygen atoms in total. The van der Waals surface area contributed by atoms with E-state index in [9.17, 15) is 24.0 Å². The van der Waals surface area contributed by atoms with Gasteiger partial charge in [-0.25, -0.2) is 0 Å². The Hall–Kier alpha value is -2.77. The van der Waals surface area contributed by atoms with Gasteiger partial charge in [-0.15, -0.1) is 0 Å². The Morgan fingerprint density at radius 3 is 2.18 bits per heavy atom. The molecule has 4 unspecified atom stereocenters. The predicted octanol–water partition coefficient (Wildman–Crippen LogP) is 3.87. The average Bonchev–Trinajstić information content (AvgIpc) is 2.69. The number of carbonyl (C=O) groups excluding carboxylic acids is 5. The Morgan fingerprint density at radius 1 is 1.03 bits per heavy atom. The Kier molecular flexibility index (Phi) is 8.27. The molecular formula is C26H36O8. The third-order valence-corrected chi connectivity index (χ3v) is 7.36. The molecule has 34 heavy (non-hydrogen) atoms. The second-order valence-corrected chi connectivity index (χ2v) is 10.2. The van der Waals surface area contributed by atoms with Crippen molar-refractivity contribution in [3.8, 4) is 0 Å². The van der Waals surface area contributed by atoms with Crippen molar-refractivity contribution in [3.63, 3.8) is 0 Å². The van der Waals surface area contributed by atoms with E-state index in [4.69, 9.17) is 14.2 Å². The van der Waals surface area contributed by atoms with Crippen molar-refractivity contribution in [2.75, 3.05) is 6.61 Å². The van der Waals surface area contributed by atoms with Crippen LogP contribution in [0.3, 0.4) is 0 Å². The summed E-state index contributed by atoms with van der Waals surface area (Å²) in [6.07, 6.45) is 2.17. The van der Waals surface area contributed by atoms with Crippen LogP contribution in [0, 0.1) is 22.7 Å². The van der Waals surface area contributed by atoms with E-state index >= 15 is 0 Å². The van der Waals surface area contributed by atoms with E-state index in [1.807, 2.05) is 6.92 Å². The summed E-state index contributed by atoms with van der Waals surface area (Å²) in [5.74, 6) is -2.86. The van der Waals surface area contributed by atoms with Crippen molar-refractivity contribution < 1.29 is 38.2 Å². The number of carbonyl (C=O) groups is 5. The molecule has 0 spiro atoms. The number of allylic oxidation sites excluding steroid dienone is 2. The maximum Gasteiger partial charge on any atom is 0.308 e. The minimum absolute atomic E-state index is 0.00204. The molecular weight excluding hydrogens is 440 g/mol. The minimum atomic E-state index is -0.939. The van der Waals surface area contributed by atoms with E-state index in [2.05, 4.69) is 0 Å². The zero-order valence-electron chi connectivity index (χ0n) is 21.4. The van der Waals surface area contributed by atoms with Crippen LogP contribution in [-0.2, 0) is 38.2 Å². The molecule has 8 heteroatoms. The lowest BCUT2D eigenvalue weighted by Crippen LogP contribution is -2.57. The zero-order valence-corrected chi connectivity index (χ0v) is 21.4. The molecule has 1 saturated carbocycles. The fourth-order valence-corrected chi connectivity index (χ4v) is 5.70. The highest BCUT2D eigenvalue weighted by Crippen LogP contribution is 2.60. The first-order chi connectivity index (χ1) is 15.6. The fourth-order valence-electron chi connectivity index (χ4n) is 5.70. The molecule has 0 saturated heterocycles. The molecule has 0 aliphatic heterocycles. The van der Waals surface area contributed by atoms with Gasteiger partial charge >= 0.3 is 17.9 Å². The van der Waals surface area contributed by atoms with Crippen molar-refractivity contribution in [1.29, 1.82) is 0 Å². The van der Waals surface area contributed by atoms with Crippen molar-refractivity contribution >= 4 is 29.5 Å². The molecule has 188 valence electrons. The van der Waals surface area contributed by atoms with Gasteiger partial charge in [-0.1, -0.05) is 20.8 Å². The molecule has 2 aliphatic carbocycles. The van der Waals surface area contributed by atoms with Crippen LogP contribution in [0.15, 0.2) is 23.0 Å². The highest BCUT2D eigenvalue weighted by Gasteiger charge is 2.61. The van der Waals surface area contributed by atoms with Gasteiger partial charge in [0.1, 0.15) is 18.5 Å². The third-order valence-electron chi connectivity index (χ3n) is 7.36. The number of fused-ring (bicyclic) bond motifs is 1. The van der Waals surface area contributed by atoms with Crippen molar-refractivity contribution in [2.24, 2.45) is 22.7 Å². The summed E-state index contributed by atoms with van der Waals surface area (Å²) in [6.45, 7) is 13.0. The van der Waals surface area contributed by atoms with E-state index in [-0.39, 0.29) is 29.9 Å². The van der Waals surface area contributed by atoms with Crippen molar-refractivity contribution in [2.45, 2.75) is 80.8 Å². The van der Waals surface area contributed by atoms with Gasteiger partial charge in [0.2, 0.25) is 5.78 Å². The molecule has 0 amide bonds. The Morgan fingerprint density at radius 2 is 1.65 bits per heavy atom. The number of Topliss-reactive ketones (excluding diaryl/α,β-unsaturated/α-hetero) is 2. The molecule has 1 fully saturated rings. The molecule has 0 aromatic carbocycles. The number of hydrogen-bond donors (Lipinski definition) is 0. The van der Waals surface area contributed by atoms with E-state index in [1.165, 1.54) is 20.8 Å². The largest absolute Gasteiger partial charge is 0.462 e. The van der Waals surface area contributed by atoms with E-state index in [1.54, 1.807) is 33.8 Å². The first kappa shape index (κ1) is 27.5. The summed E-state index contributed by atoms with van der Waals surface area (Å²) in [6, 6.07) is 0. The molecule has 4 atom stereocenters. The Labute approximate surface area is 201 Å². The van der Waals surface area contributed by atoms with Crippen molar-refractivity contribution in [1.82, 2.24) is 0 Å². The molecule has 0 radical (unpaired) electrons. The highest BCUT2D eigenvalue weighted by atomic mass is 16.5. The van der Waals surface area contributed by atoms with Crippen LogP contribution in [0.1, 0.15) is 74.7 Å². The number of ketones is 2. The maximum atomic E-state index is 13.6. The van der Waals surface area contributed by atoms with Gasteiger partial charge in [0, 0.05) is 38.5 Å². The summed E-state index contributed by atoms with van der Waals surface area (Å²) < 4.78 is 16.0. The minimum Gasteiger partial charge on any atom is -0.462 e. The predicted molar refractivity (Wildman–Crippen MR) is 123 cm³/mol. The van der Waals surface area contributed by atoms with Gasteiger partial charge in [-0.2, -0.15) is 0 Å². The Bertz CT molecular complexity index is 954. The molecule has 2 aliphatic rings. The van der Waals surface area contributed by atoms with Gasteiger partial charge in [-0.3, -0.25) is 24.0 Å². The number of hydrogen-bond acceptors (Lipinski definition) is 8. The van der Waals surface area contributed by atoms with Crippen LogP contribution in [0.5, 0.6) is 0 Å². The first-order valence-electron chi connectivity index (χ1n) is 11.6. The molecule has 0 bridgehead atoms. The molecule has 0 aromatic rings. The average molecular weight is 477 g/mol. The lowest BCUT2D eigenvalue weighted by molar-refractivity contribution is -0.159. The molecule has 0 heterocycles. The second kappa shape index (κ2) is 10.2. The number of ether oxygens (including phenoxy) is 3. The van der Waals surface area contributed by atoms with Crippen LogP contribution in [-0.4, -0.2) is 42.2 Å². The zero-order chi connectivity index (χ0) is 26.0. The van der Waals surface area contributed by atoms with Crippen LogP contribution < -0.4 is 0 Å². The van der Waals surface area contributed by atoms with Crippen LogP contribution in [0.4, 0.5) is 0 Å². The van der Waals surface area contributed by atoms with Crippen LogP contribution in [0.2, 0.25) is 0 Å². The van der Waals surface area contributed by atoms with Crippen LogP contribution >= 0.6 is 0 Å². The molecule has 0 aromatic heterocycles. The smallest absolute Gasteiger partial charge is 0.308 e. The SMILES string of the molecule is CC(=O)OCC=C(C)C(CC1C(C)=C(OC(C)=O)C(=O)C2C(C)(C)C(=O)CCC12C)OC(C)=O. The molecule has 0 N–H and O–H groups in total. The van der Waals surface area contributed by atoms with Gasteiger partial charge in [0.25, 0.3) is 0 Å². The summed E-state index contributed by atoms with van der Waals surface area (Å²) in [5.41, 5.74) is -0.252. The van der Waals surface area contributed by atoms with Gasteiger partial charge in [0.05, 0.1) is 0 Å². The van der Waals surface area contributed by atoms with E-state index in [0.717, 1.165) is 0 Å². The van der Waals surface area contributed by atoms with E-state index < -0.39 is 40.8 Å². The van der Waals surface area contributed by atoms with Gasteiger partial charge < -0.3 is 14.2 Å². The number of esters is 3. The lowest BCUT2D eigenvalue weighted by atomic mass is 9.47. The standard InChI is InChI=1S/C26H36O8/c1-14(10-12-32-16(3)27)20(33-17(4)28)13-19-15(2)23(34-18(5)29)22(31)24-25(6,7)21(30)9-11-26(19,24)8/h10,19-20,24H,9,11-13H2,1-8H3. The summed E-state index contributed by atoms with van der Waals surface area (Å²) in [4.78, 5) is 61.3. The maximum absolute atomic E-state index is 13.6. The van der Waals surface area contributed by atoms with Crippen molar-refractivity contribution in [3.05, 3.63) is 23.0 Å². The van der Waals surface area contributed by atoms with E-state index in [0.29, 0.717) is 30.4 Å². The summed E-state index contributed by atoms with van der Waals surface area (Å²) in [7, 11) is 0.